The summed E-state index contributed by atoms with van der Waals surface area (Å²) in [6, 6.07) is 18.5. The minimum Gasteiger partial charge on any atom is -0.461 e. The van der Waals surface area contributed by atoms with Gasteiger partial charge in [0.05, 0.1) is 10.1 Å². The summed E-state index contributed by atoms with van der Waals surface area (Å²) in [7, 11) is -3.54. The van der Waals surface area contributed by atoms with Gasteiger partial charge < -0.3 is 4.74 Å². The van der Waals surface area contributed by atoms with Crippen LogP contribution in [0.5, 0.6) is 0 Å². The summed E-state index contributed by atoms with van der Waals surface area (Å²) in [5.74, 6) is -0.970. The summed E-state index contributed by atoms with van der Waals surface area (Å²) in [6.45, 7) is 1.62. The van der Waals surface area contributed by atoms with Crippen LogP contribution in [0.2, 0.25) is 0 Å². The molecule has 0 spiro atoms. The second-order valence-electron chi connectivity index (χ2n) is 6.80. The molecule has 0 aromatic heterocycles. The third kappa shape index (κ3) is 3.98. The van der Waals surface area contributed by atoms with Crippen LogP contribution in [0, 0.1) is 5.92 Å². The van der Waals surface area contributed by atoms with Gasteiger partial charge in [0.25, 0.3) is 0 Å². The van der Waals surface area contributed by atoms with Crippen molar-refractivity contribution < 1.29 is 17.9 Å². The molecule has 0 N–H and O–H groups in total. The van der Waals surface area contributed by atoms with Crippen LogP contribution < -0.4 is 0 Å². The van der Waals surface area contributed by atoms with E-state index in [4.69, 9.17) is 4.74 Å². The molecule has 26 heavy (non-hydrogen) atoms. The van der Waals surface area contributed by atoms with Gasteiger partial charge in [0, 0.05) is 0 Å². The molecule has 0 aliphatic carbocycles. The number of sulfone groups is 1. The van der Waals surface area contributed by atoms with Gasteiger partial charge in [0.15, 0.2) is 9.84 Å². The topological polar surface area (TPSA) is 60.4 Å². The minimum absolute atomic E-state index is 0.259. The number of aryl methyl sites for hydroxylation is 1. The smallest absolute Gasteiger partial charge is 0.314 e. The molecule has 0 bridgehead atoms. The van der Waals surface area contributed by atoms with Crippen LogP contribution in [0.3, 0.4) is 0 Å². The molecule has 3 unspecified atom stereocenters. The number of benzene rings is 2. The number of cyclic esters (lactones) is 1. The fraction of sp³-hybridized carbons (Fsp3) is 0.381. The molecule has 4 nitrogen and oxygen atoms in total. The Balaban J connectivity index is 1.56. The van der Waals surface area contributed by atoms with Crippen molar-refractivity contribution in [2.24, 2.45) is 5.92 Å². The van der Waals surface area contributed by atoms with Crippen LogP contribution in [0.25, 0.3) is 0 Å². The molecule has 1 heterocycles. The van der Waals surface area contributed by atoms with Gasteiger partial charge in [-0.3, -0.25) is 4.79 Å². The van der Waals surface area contributed by atoms with E-state index in [0.29, 0.717) is 6.42 Å². The lowest BCUT2D eigenvalue weighted by Gasteiger charge is -2.38. The van der Waals surface area contributed by atoms with E-state index in [0.717, 1.165) is 19.3 Å². The molecule has 1 aliphatic heterocycles. The van der Waals surface area contributed by atoms with Crippen molar-refractivity contribution in [3.63, 3.8) is 0 Å². The van der Waals surface area contributed by atoms with Crippen LogP contribution in [-0.4, -0.2) is 25.7 Å². The largest absolute Gasteiger partial charge is 0.461 e. The molecule has 2 aromatic carbocycles. The van der Waals surface area contributed by atoms with Gasteiger partial charge in [-0.25, -0.2) is 8.42 Å². The molecule has 1 fully saturated rings. The quantitative estimate of drug-likeness (QED) is 0.522. The van der Waals surface area contributed by atoms with Crippen LogP contribution in [0.4, 0.5) is 0 Å². The molecule has 1 aliphatic rings. The lowest BCUT2D eigenvalue weighted by Crippen LogP contribution is -2.52. The fourth-order valence-corrected chi connectivity index (χ4v) is 5.09. The average Bonchev–Trinajstić information content (AvgIpc) is 2.65. The van der Waals surface area contributed by atoms with Crippen molar-refractivity contribution in [2.45, 2.75) is 48.9 Å². The molecule has 3 atom stereocenters. The van der Waals surface area contributed by atoms with E-state index in [2.05, 4.69) is 12.1 Å². The Morgan fingerprint density at radius 3 is 2.19 bits per heavy atom. The van der Waals surface area contributed by atoms with E-state index < -0.39 is 27.0 Å². The van der Waals surface area contributed by atoms with Gasteiger partial charge >= 0.3 is 5.97 Å². The first-order chi connectivity index (χ1) is 12.5. The van der Waals surface area contributed by atoms with Crippen LogP contribution >= 0.6 is 0 Å². The third-order valence-corrected chi connectivity index (χ3v) is 7.26. The van der Waals surface area contributed by atoms with E-state index in [1.54, 1.807) is 37.3 Å². The van der Waals surface area contributed by atoms with Gasteiger partial charge in [-0.1, -0.05) is 48.5 Å². The summed E-state index contributed by atoms with van der Waals surface area (Å²) in [6.07, 6.45) is 3.28. The summed E-state index contributed by atoms with van der Waals surface area (Å²) < 4.78 is 30.8. The first-order valence-electron chi connectivity index (χ1n) is 9.03. The molecule has 138 valence electrons. The number of ether oxygens (including phenoxy) is 1. The average molecular weight is 372 g/mol. The van der Waals surface area contributed by atoms with Crippen molar-refractivity contribution in [2.75, 3.05) is 0 Å². The van der Waals surface area contributed by atoms with Gasteiger partial charge in [-0.05, 0) is 50.3 Å². The normalized spacial score (nSPS) is 20.9. The van der Waals surface area contributed by atoms with Gasteiger partial charge in [0.2, 0.25) is 0 Å². The molecular weight excluding hydrogens is 348 g/mol. The van der Waals surface area contributed by atoms with Crippen molar-refractivity contribution in [1.82, 2.24) is 0 Å². The van der Waals surface area contributed by atoms with Crippen molar-refractivity contribution in [1.29, 1.82) is 0 Å². The summed E-state index contributed by atoms with van der Waals surface area (Å²) in [5, 5.41) is -0.773. The van der Waals surface area contributed by atoms with E-state index in [1.165, 1.54) is 5.56 Å². The van der Waals surface area contributed by atoms with Gasteiger partial charge in [0.1, 0.15) is 12.0 Å². The molecule has 3 rings (SSSR count). The number of carbonyl (C=O) groups excluding carboxylic acids is 1. The summed E-state index contributed by atoms with van der Waals surface area (Å²) >= 11 is 0. The first kappa shape index (κ1) is 18.6. The predicted octanol–water partition coefficient (Wildman–Crippen LogP) is 3.80. The minimum atomic E-state index is -3.54. The zero-order chi connectivity index (χ0) is 18.6. The molecular formula is C21H24O4S. The molecule has 0 amide bonds. The molecule has 5 heteroatoms. The maximum absolute atomic E-state index is 12.8. The number of carbonyl (C=O) groups is 1. The van der Waals surface area contributed by atoms with Crippen LogP contribution in [-0.2, 0) is 25.8 Å². The lowest BCUT2D eigenvalue weighted by molar-refractivity contribution is -0.185. The Morgan fingerprint density at radius 1 is 0.962 bits per heavy atom. The second-order valence-corrected chi connectivity index (χ2v) is 9.10. The molecule has 0 saturated carbocycles. The fourth-order valence-electron chi connectivity index (χ4n) is 3.45. The molecule has 0 radical (unpaired) electrons. The Labute approximate surface area is 155 Å². The third-order valence-electron chi connectivity index (χ3n) is 5.05. The number of rotatable bonds is 8. The molecule has 1 saturated heterocycles. The van der Waals surface area contributed by atoms with Crippen LogP contribution in [0.15, 0.2) is 65.6 Å². The highest BCUT2D eigenvalue weighted by Crippen LogP contribution is 2.35. The molecule has 2 aromatic rings. The monoisotopic (exact) mass is 372 g/mol. The zero-order valence-corrected chi connectivity index (χ0v) is 15.7. The predicted molar refractivity (Wildman–Crippen MR) is 100 cm³/mol. The van der Waals surface area contributed by atoms with E-state index >= 15 is 0 Å². The highest BCUT2D eigenvalue weighted by atomic mass is 32.2. The van der Waals surface area contributed by atoms with Crippen molar-refractivity contribution in [3.8, 4) is 0 Å². The SMILES string of the molecule is CC(C1C(=O)OC1CCCCc1ccccc1)S(=O)(=O)c1ccccc1. The lowest BCUT2D eigenvalue weighted by atomic mass is 9.89. The maximum atomic E-state index is 12.8. The zero-order valence-electron chi connectivity index (χ0n) is 14.9. The van der Waals surface area contributed by atoms with Crippen molar-refractivity contribution >= 4 is 15.8 Å². The highest BCUT2D eigenvalue weighted by Gasteiger charge is 2.49. The Kier molecular flexibility index (Phi) is 5.77. The Bertz CT molecular complexity index is 831. The number of hydrogen-bond donors (Lipinski definition) is 0. The van der Waals surface area contributed by atoms with Crippen molar-refractivity contribution in [3.05, 3.63) is 66.2 Å². The highest BCUT2D eigenvalue weighted by molar-refractivity contribution is 7.92. The van der Waals surface area contributed by atoms with Gasteiger partial charge in [-0.2, -0.15) is 0 Å². The second kappa shape index (κ2) is 8.04. The van der Waals surface area contributed by atoms with Crippen LogP contribution in [0.1, 0.15) is 31.7 Å². The summed E-state index contributed by atoms with van der Waals surface area (Å²) in [5.41, 5.74) is 1.29. The number of unbranched alkanes of at least 4 members (excludes halogenated alkanes) is 1. The number of hydrogen-bond acceptors (Lipinski definition) is 4. The maximum Gasteiger partial charge on any atom is 0.314 e. The van der Waals surface area contributed by atoms with E-state index in [9.17, 15) is 13.2 Å². The number of esters is 1. The Hall–Kier alpha value is -2.14. The standard InChI is InChI=1S/C21H24O4S/c1-16(26(23,24)18-13-6-3-7-14-18)20-19(25-21(20)22)15-9-8-12-17-10-4-2-5-11-17/h2-7,10-11,13-14,16,19-20H,8-9,12,15H2,1H3. The van der Waals surface area contributed by atoms with E-state index in [1.807, 2.05) is 18.2 Å². The Morgan fingerprint density at radius 2 is 1.58 bits per heavy atom. The summed E-state index contributed by atoms with van der Waals surface area (Å²) in [4.78, 5) is 12.2. The first-order valence-corrected chi connectivity index (χ1v) is 10.6. The van der Waals surface area contributed by atoms with E-state index in [-0.39, 0.29) is 11.0 Å². The van der Waals surface area contributed by atoms with Gasteiger partial charge in [-0.15, -0.1) is 0 Å².